The molecule has 0 saturated heterocycles. The van der Waals surface area contributed by atoms with Gasteiger partial charge in [-0.05, 0) is 66.0 Å². The normalized spacial score (nSPS) is 13.0. The van der Waals surface area contributed by atoms with Crippen LogP contribution in [0.1, 0.15) is 88.1 Å². The van der Waals surface area contributed by atoms with E-state index < -0.39 is 23.2 Å². The molecule has 1 atom stereocenters. The van der Waals surface area contributed by atoms with Crippen molar-refractivity contribution in [3.8, 4) is 0 Å². The monoisotopic (exact) mass is 442 g/mol. The Balaban J connectivity index is 0.000000316. The minimum Gasteiger partial charge on any atom is -0.202 e. The SMILES string of the molecule is CCC(C)c1ccc(CC(C)C)cc1.CCCc1cc(C(C)(F)F)cc(C(F)(F)F)c1. The Kier molecular flexibility index (Phi) is 10.2. The average Bonchev–Trinajstić information content (AvgIpc) is 2.67. The molecule has 1 unspecified atom stereocenters. The first-order chi connectivity index (χ1) is 14.3. The highest BCUT2D eigenvalue weighted by Gasteiger charge is 2.34. The molecule has 2 aromatic carbocycles. The van der Waals surface area contributed by atoms with Crippen molar-refractivity contribution >= 4 is 0 Å². The van der Waals surface area contributed by atoms with Crippen LogP contribution in [0.15, 0.2) is 42.5 Å². The Morgan fingerprint density at radius 1 is 0.774 bits per heavy atom. The summed E-state index contributed by atoms with van der Waals surface area (Å²) in [4.78, 5) is 0. The van der Waals surface area contributed by atoms with Crippen LogP contribution in [0.4, 0.5) is 22.0 Å². The van der Waals surface area contributed by atoms with E-state index in [-0.39, 0.29) is 0 Å². The summed E-state index contributed by atoms with van der Waals surface area (Å²) in [5, 5.41) is 0. The average molecular weight is 443 g/mol. The molecule has 31 heavy (non-hydrogen) atoms. The zero-order valence-corrected chi connectivity index (χ0v) is 19.4. The van der Waals surface area contributed by atoms with Gasteiger partial charge in [-0.1, -0.05) is 65.3 Å². The number of hydrogen-bond donors (Lipinski definition) is 0. The lowest BCUT2D eigenvalue weighted by atomic mass is 9.95. The molecule has 5 heteroatoms. The number of halogens is 5. The second kappa shape index (κ2) is 11.6. The van der Waals surface area contributed by atoms with Gasteiger partial charge in [-0.15, -0.1) is 0 Å². The Hall–Kier alpha value is -1.91. The van der Waals surface area contributed by atoms with Gasteiger partial charge in [0.1, 0.15) is 0 Å². The maximum atomic E-state index is 13.1. The lowest BCUT2D eigenvalue weighted by Crippen LogP contribution is -2.12. The van der Waals surface area contributed by atoms with Gasteiger partial charge in [0.25, 0.3) is 5.92 Å². The third-order valence-corrected chi connectivity index (χ3v) is 5.17. The van der Waals surface area contributed by atoms with Crippen LogP contribution in [0.25, 0.3) is 0 Å². The van der Waals surface area contributed by atoms with E-state index in [9.17, 15) is 22.0 Å². The Labute approximate surface area is 183 Å². The fourth-order valence-electron chi connectivity index (χ4n) is 3.23. The molecule has 2 rings (SSSR count). The minimum atomic E-state index is -4.59. The first-order valence-corrected chi connectivity index (χ1v) is 11.0. The first-order valence-electron chi connectivity index (χ1n) is 11.0. The summed E-state index contributed by atoms with van der Waals surface area (Å²) in [5.41, 5.74) is 1.63. The molecule has 0 aliphatic carbocycles. The molecule has 0 fully saturated rings. The lowest BCUT2D eigenvalue weighted by Gasteiger charge is -2.16. The topological polar surface area (TPSA) is 0 Å². The molecule has 0 radical (unpaired) electrons. The summed E-state index contributed by atoms with van der Waals surface area (Å²) in [6.45, 7) is 11.4. The highest BCUT2D eigenvalue weighted by atomic mass is 19.4. The zero-order valence-electron chi connectivity index (χ0n) is 19.4. The minimum absolute atomic E-state index is 0.291. The van der Waals surface area contributed by atoms with Crippen molar-refractivity contribution in [2.24, 2.45) is 5.92 Å². The first kappa shape index (κ1) is 27.1. The van der Waals surface area contributed by atoms with Crippen LogP contribution in [0.3, 0.4) is 0 Å². The molecule has 0 aliphatic rings. The molecule has 0 heterocycles. The van der Waals surface area contributed by atoms with E-state index in [1.54, 1.807) is 6.92 Å². The lowest BCUT2D eigenvalue weighted by molar-refractivity contribution is -0.137. The fraction of sp³-hybridized carbons (Fsp3) is 0.538. The van der Waals surface area contributed by atoms with Crippen LogP contribution in [-0.4, -0.2) is 0 Å². The number of benzene rings is 2. The van der Waals surface area contributed by atoms with Crippen LogP contribution in [0, 0.1) is 5.92 Å². The van der Waals surface area contributed by atoms with Crippen LogP contribution >= 0.6 is 0 Å². The molecule has 0 N–H and O–H groups in total. The van der Waals surface area contributed by atoms with Crippen LogP contribution in [0.5, 0.6) is 0 Å². The van der Waals surface area contributed by atoms with Gasteiger partial charge < -0.3 is 0 Å². The van der Waals surface area contributed by atoms with Crippen molar-refractivity contribution < 1.29 is 22.0 Å². The summed E-state index contributed by atoms with van der Waals surface area (Å²) >= 11 is 0. The number of rotatable bonds is 7. The maximum Gasteiger partial charge on any atom is 0.416 e. The Morgan fingerprint density at radius 2 is 1.32 bits per heavy atom. The summed E-state index contributed by atoms with van der Waals surface area (Å²) in [7, 11) is 0. The molecule has 0 bridgehead atoms. The quantitative estimate of drug-likeness (QED) is 0.375. The van der Waals surface area contributed by atoms with E-state index in [4.69, 9.17) is 0 Å². The summed E-state index contributed by atoms with van der Waals surface area (Å²) in [6.07, 6.45) is -1.21. The predicted molar refractivity (Wildman–Crippen MR) is 119 cm³/mol. The number of alkyl halides is 5. The van der Waals surface area contributed by atoms with Crippen molar-refractivity contribution in [2.45, 2.75) is 85.2 Å². The fourth-order valence-corrected chi connectivity index (χ4v) is 3.23. The standard InChI is InChI=1S/C14H22.C12H13F5/c1-5-12(4)14-8-6-13(7-9-14)10-11(2)3;1-3-4-8-5-9(11(2,13)14)7-10(6-8)12(15,16)17/h6-9,11-12H,5,10H2,1-4H3;5-7H,3-4H2,1-2H3. The van der Waals surface area contributed by atoms with Crippen molar-refractivity contribution in [2.75, 3.05) is 0 Å². The molecule has 0 spiro atoms. The van der Waals surface area contributed by atoms with E-state index >= 15 is 0 Å². The van der Waals surface area contributed by atoms with E-state index in [0.29, 0.717) is 37.3 Å². The van der Waals surface area contributed by atoms with Gasteiger partial charge >= 0.3 is 6.18 Å². The Bertz CT molecular complexity index is 751. The summed E-state index contributed by atoms with van der Waals surface area (Å²) in [6, 6.07) is 11.7. The molecule has 0 aliphatic heterocycles. The predicted octanol–water partition coefficient (Wildman–Crippen LogP) is 9.17. The largest absolute Gasteiger partial charge is 0.416 e. The van der Waals surface area contributed by atoms with Gasteiger partial charge in [-0.25, -0.2) is 8.78 Å². The van der Waals surface area contributed by atoms with Crippen molar-refractivity contribution in [3.05, 3.63) is 70.3 Å². The number of hydrogen-bond acceptors (Lipinski definition) is 0. The molecule has 0 saturated carbocycles. The van der Waals surface area contributed by atoms with Gasteiger partial charge in [0.15, 0.2) is 0 Å². The summed E-state index contributed by atoms with van der Waals surface area (Å²) < 4.78 is 63.7. The van der Waals surface area contributed by atoms with Crippen LogP contribution in [-0.2, 0) is 24.9 Å². The second-order valence-corrected chi connectivity index (χ2v) is 8.70. The number of aryl methyl sites for hydroxylation is 1. The van der Waals surface area contributed by atoms with E-state index in [2.05, 4.69) is 52.0 Å². The molecule has 0 nitrogen and oxygen atoms in total. The van der Waals surface area contributed by atoms with E-state index in [1.807, 2.05) is 0 Å². The van der Waals surface area contributed by atoms with Crippen molar-refractivity contribution in [1.82, 2.24) is 0 Å². The molecule has 0 aromatic heterocycles. The van der Waals surface area contributed by atoms with Gasteiger partial charge in [0.2, 0.25) is 0 Å². The molecule has 0 amide bonds. The molecular weight excluding hydrogens is 407 g/mol. The van der Waals surface area contributed by atoms with E-state index in [0.717, 1.165) is 18.1 Å². The van der Waals surface area contributed by atoms with Crippen molar-refractivity contribution in [1.29, 1.82) is 0 Å². The van der Waals surface area contributed by atoms with Crippen LogP contribution < -0.4 is 0 Å². The zero-order chi connectivity index (χ0) is 23.8. The van der Waals surface area contributed by atoms with E-state index in [1.165, 1.54) is 24.0 Å². The highest BCUT2D eigenvalue weighted by molar-refractivity contribution is 5.34. The van der Waals surface area contributed by atoms with Gasteiger partial charge in [-0.2, -0.15) is 13.2 Å². The molecule has 174 valence electrons. The molecule has 2 aromatic rings. The third kappa shape index (κ3) is 9.40. The maximum absolute atomic E-state index is 13.1. The van der Waals surface area contributed by atoms with Gasteiger partial charge in [0, 0.05) is 12.5 Å². The summed E-state index contributed by atoms with van der Waals surface area (Å²) in [5.74, 6) is -1.81. The second-order valence-electron chi connectivity index (χ2n) is 8.70. The molecular formula is C26H35F5. The van der Waals surface area contributed by atoms with Crippen molar-refractivity contribution in [3.63, 3.8) is 0 Å². The smallest absolute Gasteiger partial charge is 0.202 e. The highest BCUT2D eigenvalue weighted by Crippen LogP contribution is 2.35. The Morgan fingerprint density at radius 3 is 1.74 bits per heavy atom. The van der Waals surface area contributed by atoms with Gasteiger partial charge in [0.05, 0.1) is 5.56 Å². The van der Waals surface area contributed by atoms with Crippen LogP contribution in [0.2, 0.25) is 0 Å². The third-order valence-electron chi connectivity index (χ3n) is 5.17. The van der Waals surface area contributed by atoms with Gasteiger partial charge in [-0.3, -0.25) is 0 Å².